The fourth-order valence-electron chi connectivity index (χ4n) is 2.49. The van der Waals surface area contributed by atoms with Gasteiger partial charge in [0, 0.05) is 12.6 Å². The van der Waals surface area contributed by atoms with Crippen LogP contribution in [0, 0.1) is 0 Å². The summed E-state index contributed by atoms with van der Waals surface area (Å²) in [6, 6.07) is 23.1. The summed E-state index contributed by atoms with van der Waals surface area (Å²) in [5.41, 5.74) is 1.34. The lowest BCUT2D eigenvalue weighted by atomic mass is 9.82. The first kappa shape index (κ1) is 13.5. The average molecular weight is 276 g/mol. The maximum Gasteiger partial charge on any atom is 0.120 e. The lowest BCUT2D eigenvalue weighted by Crippen LogP contribution is -2.30. The molecule has 3 aromatic rings. The first-order chi connectivity index (χ1) is 10.3. The standard InChI is InChI=1S/C18H16N2O/c21-18(15-8-3-1-4-9-15,16-10-5-2-6-11-16)14-17-12-7-13-19-20-17/h1-13,21H,14H2. The smallest absolute Gasteiger partial charge is 0.120 e. The summed E-state index contributed by atoms with van der Waals surface area (Å²) in [5, 5.41) is 19.3. The molecule has 3 rings (SSSR count). The van der Waals surface area contributed by atoms with Gasteiger partial charge in [0.25, 0.3) is 0 Å². The molecule has 3 heteroatoms. The molecule has 0 amide bonds. The summed E-state index contributed by atoms with van der Waals surface area (Å²) >= 11 is 0. The highest BCUT2D eigenvalue weighted by Gasteiger charge is 2.32. The van der Waals surface area contributed by atoms with E-state index in [0.717, 1.165) is 16.8 Å². The van der Waals surface area contributed by atoms with E-state index in [0.29, 0.717) is 6.42 Å². The van der Waals surface area contributed by atoms with E-state index in [4.69, 9.17) is 0 Å². The number of hydrogen-bond acceptors (Lipinski definition) is 3. The molecule has 1 aromatic heterocycles. The van der Waals surface area contributed by atoms with E-state index in [-0.39, 0.29) is 0 Å². The summed E-state index contributed by atoms with van der Waals surface area (Å²) in [7, 11) is 0. The average Bonchev–Trinajstić information content (AvgIpc) is 2.57. The minimum Gasteiger partial charge on any atom is -0.380 e. The second-order valence-corrected chi connectivity index (χ2v) is 4.98. The SMILES string of the molecule is OC(Cc1cccnn1)(c1ccccc1)c1ccccc1. The van der Waals surface area contributed by atoms with Crippen LogP contribution in [0.3, 0.4) is 0 Å². The maximum atomic E-state index is 11.3. The van der Waals surface area contributed by atoms with E-state index in [1.807, 2.05) is 72.8 Å². The lowest BCUT2D eigenvalue weighted by molar-refractivity contribution is 0.0798. The number of rotatable bonds is 4. The van der Waals surface area contributed by atoms with Gasteiger partial charge < -0.3 is 5.11 Å². The Morgan fingerprint density at radius 2 is 1.33 bits per heavy atom. The van der Waals surface area contributed by atoms with Crippen molar-refractivity contribution < 1.29 is 5.11 Å². The molecule has 0 aliphatic carbocycles. The Balaban J connectivity index is 2.07. The number of hydrogen-bond donors (Lipinski definition) is 1. The molecule has 0 unspecified atom stereocenters. The predicted octanol–water partition coefficient (Wildman–Crippen LogP) is 2.96. The molecule has 0 radical (unpaired) electrons. The second-order valence-electron chi connectivity index (χ2n) is 4.98. The third kappa shape index (κ3) is 2.83. The van der Waals surface area contributed by atoms with Gasteiger partial charge in [-0.05, 0) is 23.3 Å². The highest BCUT2D eigenvalue weighted by Crippen LogP contribution is 2.32. The van der Waals surface area contributed by atoms with Gasteiger partial charge in [-0.15, -0.1) is 0 Å². The Labute approximate surface area is 123 Å². The Morgan fingerprint density at radius 1 is 0.762 bits per heavy atom. The minimum atomic E-state index is -1.11. The molecule has 0 fully saturated rings. The maximum absolute atomic E-state index is 11.3. The number of nitrogens with zero attached hydrogens (tertiary/aromatic N) is 2. The molecule has 0 saturated carbocycles. The van der Waals surface area contributed by atoms with Crippen LogP contribution < -0.4 is 0 Å². The molecule has 0 spiro atoms. The van der Waals surface area contributed by atoms with Crippen molar-refractivity contribution in [3.05, 3.63) is 95.8 Å². The zero-order valence-electron chi connectivity index (χ0n) is 11.6. The van der Waals surface area contributed by atoms with Gasteiger partial charge >= 0.3 is 0 Å². The molecule has 2 aromatic carbocycles. The fourth-order valence-corrected chi connectivity index (χ4v) is 2.49. The first-order valence-corrected chi connectivity index (χ1v) is 6.89. The van der Waals surface area contributed by atoms with E-state index in [9.17, 15) is 5.11 Å². The fraction of sp³-hybridized carbons (Fsp3) is 0.111. The van der Waals surface area contributed by atoms with Crippen LogP contribution in [-0.4, -0.2) is 15.3 Å². The third-order valence-electron chi connectivity index (χ3n) is 3.57. The normalized spacial score (nSPS) is 11.3. The summed E-state index contributed by atoms with van der Waals surface area (Å²) in [4.78, 5) is 0. The van der Waals surface area contributed by atoms with Gasteiger partial charge in [-0.3, -0.25) is 0 Å². The van der Waals surface area contributed by atoms with Gasteiger partial charge in [0.1, 0.15) is 5.60 Å². The van der Waals surface area contributed by atoms with Crippen LogP contribution in [0.5, 0.6) is 0 Å². The molecular formula is C18H16N2O. The van der Waals surface area contributed by atoms with E-state index >= 15 is 0 Å². The second kappa shape index (κ2) is 5.85. The van der Waals surface area contributed by atoms with Gasteiger partial charge in [0.2, 0.25) is 0 Å². The van der Waals surface area contributed by atoms with E-state index in [1.54, 1.807) is 6.20 Å². The highest BCUT2D eigenvalue weighted by atomic mass is 16.3. The first-order valence-electron chi connectivity index (χ1n) is 6.89. The Kier molecular flexibility index (Phi) is 3.75. The van der Waals surface area contributed by atoms with Crippen molar-refractivity contribution in [2.75, 3.05) is 0 Å². The van der Waals surface area contributed by atoms with Crippen molar-refractivity contribution >= 4 is 0 Å². The van der Waals surface area contributed by atoms with Crippen molar-refractivity contribution in [1.82, 2.24) is 10.2 Å². The predicted molar refractivity (Wildman–Crippen MR) is 81.6 cm³/mol. The van der Waals surface area contributed by atoms with Crippen molar-refractivity contribution in [1.29, 1.82) is 0 Å². The van der Waals surface area contributed by atoms with Gasteiger partial charge in [-0.2, -0.15) is 10.2 Å². The van der Waals surface area contributed by atoms with Crippen molar-refractivity contribution in [3.63, 3.8) is 0 Å². The molecule has 1 N–H and O–H groups in total. The summed E-state index contributed by atoms with van der Waals surface area (Å²) in [5.74, 6) is 0. The molecule has 0 aliphatic heterocycles. The number of benzene rings is 2. The molecule has 0 aliphatic rings. The van der Waals surface area contributed by atoms with Crippen molar-refractivity contribution in [2.45, 2.75) is 12.0 Å². The monoisotopic (exact) mass is 276 g/mol. The zero-order chi connectivity index (χ0) is 14.5. The van der Waals surface area contributed by atoms with Crippen LogP contribution in [-0.2, 0) is 12.0 Å². The minimum absolute atomic E-state index is 0.384. The molecule has 3 nitrogen and oxygen atoms in total. The van der Waals surface area contributed by atoms with Crippen LogP contribution in [0.25, 0.3) is 0 Å². The van der Waals surface area contributed by atoms with Crippen LogP contribution in [0.1, 0.15) is 16.8 Å². The topological polar surface area (TPSA) is 46.0 Å². The molecular weight excluding hydrogens is 260 g/mol. The van der Waals surface area contributed by atoms with Crippen molar-refractivity contribution in [2.24, 2.45) is 0 Å². The largest absolute Gasteiger partial charge is 0.380 e. The molecule has 21 heavy (non-hydrogen) atoms. The Bertz CT molecular complexity index is 645. The summed E-state index contributed by atoms with van der Waals surface area (Å²) < 4.78 is 0. The molecule has 104 valence electrons. The lowest BCUT2D eigenvalue weighted by Gasteiger charge is -2.29. The number of aliphatic hydroxyl groups is 1. The Hall–Kier alpha value is -2.52. The van der Waals surface area contributed by atoms with Gasteiger partial charge in [-0.25, -0.2) is 0 Å². The van der Waals surface area contributed by atoms with E-state index in [1.165, 1.54) is 0 Å². The molecule has 0 saturated heterocycles. The van der Waals surface area contributed by atoms with E-state index < -0.39 is 5.60 Å². The Morgan fingerprint density at radius 3 is 1.81 bits per heavy atom. The van der Waals surface area contributed by atoms with Crippen LogP contribution in [0.4, 0.5) is 0 Å². The summed E-state index contributed by atoms with van der Waals surface area (Å²) in [6.45, 7) is 0. The third-order valence-corrected chi connectivity index (χ3v) is 3.57. The number of aromatic nitrogens is 2. The molecule has 0 bridgehead atoms. The zero-order valence-corrected chi connectivity index (χ0v) is 11.6. The molecule has 1 heterocycles. The van der Waals surface area contributed by atoms with Gasteiger partial charge in [-0.1, -0.05) is 60.7 Å². The van der Waals surface area contributed by atoms with E-state index in [2.05, 4.69) is 10.2 Å². The highest BCUT2D eigenvalue weighted by molar-refractivity contribution is 5.37. The molecule has 0 atom stereocenters. The summed E-state index contributed by atoms with van der Waals surface area (Å²) in [6.07, 6.45) is 2.02. The van der Waals surface area contributed by atoms with Crippen LogP contribution in [0.15, 0.2) is 79.0 Å². The van der Waals surface area contributed by atoms with Crippen LogP contribution in [0.2, 0.25) is 0 Å². The van der Waals surface area contributed by atoms with Crippen molar-refractivity contribution in [3.8, 4) is 0 Å². The quantitative estimate of drug-likeness (QED) is 0.797. The van der Waals surface area contributed by atoms with Gasteiger partial charge in [0.15, 0.2) is 0 Å². The van der Waals surface area contributed by atoms with Crippen LogP contribution >= 0.6 is 0 Å². The van der Waals surface area contributed by atoms with Gasteiger partial charge in [0.05, 0.1) is 5.69 Å².